The highest BCUT2D eigenvalue weighted by atomic mass is 32.2. The maximum atomic E-state index is 13.1. The number of anilines is 2. The van der Waals surface area contributed by atoms with Gasteiger partial charge in [-0.25, -0.2) is 8.42 Å². The first-order valence-electron chi connectivity index (χ1n) is 10.7. The first kappa shape index (κ1) is 22.4. The molecule has 0 saturated carbocycles. The van der Waals surface area contributed by atoms with Crippen LogP contribution in [0.4, 0.5) is 11.4 Å². The Balaban J connectivity index is 1.50. The molecular weight excluding hydrogens is 430 g/mol. The van der Waals surface area contributed by atoms with E-state index in [4.69, 9.17) is 13.9 Å². The van der Waals surface area contributed by atoms with Gasteiger partial charge in [0.25, 0.3) is 10.0 Å². The number of aryl methyl sites for hydroxylation is 1. The molecule has 0 bridgehead atoms. The first-order valence-corrected chi connectivity index (χ1v) is 12.2. The number of morpholine rings is 1. The Morgan fingerprint density at radius 3 is 2.72 bits per heavy atom. The molecule has 1 saturated heterocycles. The highest BCUT2D eigenvalue weighted by Gasteiger charge is 2.21. The average Bonchev–Trinajstić information content (AvgIpc) is 3.26. The van der Waals surface area contributed by atoms with Gasteiger partial charge in [-0.3, -0.25) is 9.62 Å². The first-order chi connectivity index (χ1) is 15.5. The van der Waals surface area contributed by atoms with Crippen LogP contribution in [0.2, 0.25) is 0 Å². The fraction of sp³-hybridized carbons (Fsp3) is 0.391. The standard InChI is InChI=1S/C23H29N3O5S/c1-17-4-5-21(29-2)22(14-17)32(27,28)25-19-15-18-6-11-31-23(18)20(16-19)24-7-3-8-26-9-12-30-13-10-26/h4-6,11,14-16,24-25H,3,7-10,12-13H2,1-2H3. The Bertz CT molecular complexity index is 1170. The highest BCUT2D eigenvalue weighted by Crippen LogP contribution is 2.32. The summed E-state index contributed by atoms with van der Waals surface area (Å²) in [5.74, 6) is 0.300. The second-order valence-electron chi connectivity index (χ2n) is 7.86. The van der Waals surface area contributed by atoms with E-state index in [-0.39, 0.29) is 4.90 Å². The zero-order valence-electron chi connectivity index (χ0n) is 18.4. The van der Waals surface area contributed by atoms with Crippen LogP contribution in [0.3, 0.4) is 0 Å². The van der Waals surface area contributed by atoms with Gasteiger partial charge in [0.15, 0.2) is 5.58 Å². The molecule has 1 aliphatic heterocycles. The van der Waals surface area contributed by atoms with Gasteiger partial charge in [-0.15, -0.1) is 0 Å². The molecule has 0 radical (unpaired) electrons. The predicted molar refractivity (Wildman–Crippen MR) is 125 cm³/mol. The topological polar surface area (TPSA) is 93.0 Å². The smallest absolute Gasteiger partial charge is 0.265 e. The summed E-state index contributed by atoms with van der Waals surface area (Å²) in [6, 6.07) is 10.4. The van der Waals surface area contributed by atoms with Gasteiger partial charge < -0.3 is 19.2 Å². The summed E-state index contributed by atoms with van der Waals surface area (Å²) < 4.78 is 45.2. The number of methoxy groups -OCH3 is 1. The fourth-order valence-corrected chi connectivity index (χ4v) is 5.12. The SMILES string of the molecule is COc1ccc(C)cc1S(=O)(=O)Nc1cc(NCCCN2CCOCC2)c2occc2c1. The minimum absolute atomic E-state index is 0.104. The third-order valence-corrected chi connectivity index (χ3v) is 6.88. The number of furan rings is 1. The van der Waals surface area contributed by atoms with Crippen molar-refractivity contribution in [3.63, 3.8) is 0 Å². The summed E-state index contributed by atoms with van der Waals surface area (Å²) >= 11 is 0. The molecule has 0 unspecified atom stereocenters. The van der Waals surface area contributed by atoms with Gasteiger partial charge in [-0.05, 0) is 55.8 Å². The van der Waals surface area contributed by atoms with Gasteiger partial charge in [0.1, 0.15) is 10.6 Å². The van der Waals surface area contributed by atoms with Crippen LogP contribution in [0.5, 0.6) is 5.75 Å². The number of hydrogen-bond donors (Lipinski definition) is 2. The molecule has 0 amide bonds. The number of nitrogens with one attached hydrogen (secondary N) is 2. The molecule has 1 aromatic heterocycles. The van der Waals surface area contributed by atoms with E-state index < -0.39 is 10.0 Å². The summed E-state index contributed by atoms with van der Waals surface area (Å²) in [6.45, 7) is 7.06. The molecule has 3 aromatic rings. The molecule has 0 aliphatic carbocycles. The van der Waals surface area contributed by atoms with Crippen LogP contribution in [0.25, 0.3) is 11.0 Å². The Kier molecular flexibility index (Phi) is 6.88. The number of hydrogen-bond acceptors (Lipinski definition) is 7. The van der Waals surface area contributed by atoms with Gasteiger partial charge in [-0.2, -0.15) is 0 Å². The Morgan fingerprint density at radius 1 is 1.12 bits per heavy atom. The Hall–Kier alpha value is -2.75. The molecule has 0 spiro atoms. The van der Waals surface area contributed by atoms with Gasteiger partial charge in [0.2, 0.25) is 0 Å². The summed E-state index contributed by atoms with van der Waals surface area (Å²) in [6.07, 6.45) is 2.56. The molecule has 2 heterocycles. The van der Waals surface area contributed by atoms with Crippen LogP contribution in [-0.4, -0.2) is 59.8 Å². The van der Waals surface area contributed by atoms with Crippen molar-refractivity contribution < 1.29 is 22.3 Å². The third kappa shape index (κ3) is 5.17. The van der Waals surface area contributed by atoms with Crippen molar-refractivity contribution in [3.8, 4) is 5.75 Å². The molecule has 9 heteroatoms. The number of fused-ring (bicyclic) bond motifs is 1. The minimum Gasteiger partial charge on any atom is -0.495 e. The second kappa shape index (κ2) is 9.81. The number of ether oxygens (including phenoxy) is 2. The van der Waals surface area contributed by atoms with Crippen LogP contribution in [0, 0.1) is 6.92 Å². The van der Waals surface area contributed by atoms with Crippen LogP contribution < -0.4 is 14.8 Å². The molecule has 0 atom stereocenters. The van der Waals surface area contributed by atoms with E-state index in [2.05, 4.69) is 14.9 Å². The zero-order chi connectivity index (χ0) is 22.6. The van der Waals surface area contributed by atoms with E-state index >= 15 is 0 Å². The summed E-state index contributed by atoms with van der Waals surface area (Å²) in [7, 11) is -2.38. The molecule has 1 aliphatic rings. The third-order valence-electron chi connectivity index (χ3n) is 5.48. The minimum atomic E-state index is -3.84. The lowest BCUT2D eigenvalue weighted by Crippen LogP contribution is -2.37. The second-order valence-corrected chi connectivity index (χ2v) is 9.51. The van der Waals surface area contributed by atoms with Crippen molar-refractivity contribution in [1.29, 1.82) is 0 Å². The lowest BCUT2D eigenvalue weighted by Gasteiger charge is -2.26. The molecule has 2 aromatic carbocycles. The van der Waals surface area contributed by atoms with Gasteiger partial charge in [0, 0.05) is 25.0 Å². The van der Waals surface area contributed by atoms with Crippen molar-refractivity contribution in [1.82, 2.24) is 4.90 Å². The average molecular weight is 460 g/mol. The fourth-order valence-electron chi connectivity index (χ4n) is 3.83. The van der Waals surface area contributed by atoms with Crippen molar-refractivity contribution in [2.45, 2.75) is 18.2 Å². The number of sulfonamides is 1. The number of rotatable bonds is 9. The van der Waals surface area contributed by atoms with E-state index in [1.54, 1.807) is 30.5 Å². The highest BCUT2D eigenvalue weighted by molar-refractivity contribution is 7.92. The van der Waals surface area contributed by atoms with Gasteiger partial charge in [0.05, 0.1) is 38.0 Å². The molecular formula is C23H29N3O5S. The lowest BCUT2D eigenvalue weighted by molar-refractivity contribution is 0.0378. The van der Waals surface area contributed by atoms with Gasteiger partial charge in [-0.1, -0.05) is 6.07 Å². The molecule has 172 valence electrons. The van der Waals surface area contributed by atoms with E-state index in [1.807, 2.05) is 19.1 Å². The van der Waals surface area contributed by atoms with Crippen molar-refractivity contribution in [2.24, 2.45) is 0 Å². The number of benzene rings is 2. The quantitative estimate of drug-likeness (QED) is 0.472. The molecule has 1 fully saturated rings. The number of nitrogens with zero attached hydrogens (tertiary/aromatic N) is 1. The largest absolute Gasteiger partial charge is 0.495 e. The Labute approximate surface area is 188 Å². The van der Waals surface area contributed by atoms with Gasteiger partial charge >= 0.3 is 0 Å². The maximum absolute atomic E-state index is 13.1. The Morgan fingerprint density at radius 2 is 1.94 bits per heavy atom. The predicted octanol–water partition coefficient (Wildman–Crippen LogP) is 3.68. The lowest BCUT2D eigenvalue weighted by atomic mass is 10.2. The van der Waals surface area contributed by atoms with E-state index in [0.29, 0.717) is 17.0 Å². The maximum Gasteiger partial charge on any atom is 0.265 e. The summed E-state index contributed by atoms with van der Waals surface area (Å²) in [5, 5.41) is 4.22. The van der Waals surface area contributed by atoms with Crippen molar-refractivity contribution in [3.05, 3.63) is 48.2 Å². The van der Waals surface area contributed by atoms with Crippen LogP contribution in [0.15, 0.2) is 52.0 Å². The van der Waals surface area contributed by atoms with Crippen molar-refractivity contribution in [2.75, 3.05) is 56.5 Å². The van der Waals surface area contributed by atoms with Crippen LogP contribution in [0.1, 0.15) is 12.0 Å². The molecule has 2 N–H and O–H groups in total. The molecule has 32 heavy (non-hydrogen) atoms. The summed E-state index contributed by atoms with van der Waals surface area (Å²) in [4.78, 5) is 2.49. The van der Waals surface area contributed by atoms with E-state index in [1.165, 1.54) is 7.11 Å². The zero-order valence-corrected chi connectivity index (χ0v) is 19.2. The van der Waals surface area contributed by atoms with E-state index in [0.717, 1.165) is 62.5 Å². The van der Waals surface area contributed by atoms with E-state index in [9.17, 15) is 8.42 Å². The monoisotopic (exact) mass is 459 g/mol. The van der Waals surface area contributed by atoms with Crippen molar-refractivity contribution >= 4 is 32.4 Å². The molecule has 4 rings (SSSR count). The van der Waals surface area contributed by atoms with Crippen LogP contribution in [-0.2, 0) is 14.8 Å². The van der Waals surface area contributed by atoms with Crippen LogP contribution >= 0.6 is 0 Å². The normalized spacial score (nSPS) is 15.1. The molecule has 8 nitrogen and oxygen atoms in total. The summed E-state index contributed by atoms with van der Waals surface area (Å²) in [5.41, 5.74) is 2.74.